The number of ether oxygens (including phenoxy) is 4. The predicted molar refractivity (Wildman–Crippen MR) is 159 cm³/mol. The molecule has 7 heteroatoms. The number of fused-ring (bicyclic) bond motifs is 1. The van der Waals surface area contributed by atoms with Crippen LogP contribution < -0.4 is 5.32 Å². The molecular formula is C34H49NO6. The number of rotatable bonds is 17. The molecule has 0 saturated carbocycles. The second kappa shape index (κ2) is 17.6. The van der Waals surface area contributed by atoms with E-state index in [-0.39, 0.29) is 12.5 Å². The maximum Gasteiger partial charge on any atom is 0.220 e. The van der Waals surface area contributed by atoms with Crippen LogP contribution in [0.2, 0.25) is 0 Å². The number of hydrogen-bond donors (Lipinski definition) is 2. The molecule has 2 saturated heterocycles. The molecule has 0 spiro atoms. The molecule has 226 valence electrons. The van der Waals surface area contributed by atoms with Crippen molar-refractivity contribution in [1.82, 2.24) is 5.32 Å². The summed E-state index contributed by atoms with van der Waals surface area (Å²) < 4.78 is 24.5. The summed E-state index contributed by atoms with van der Waals surface area (Å²) in [5.74, 6) is -0.105. The monoisotopic (exact) mass is 567 g/mol. The minimum Gasteiger partial charge on any atom is -0.388 e. The number of carbonyl (C=O) groups is 1. The minimum atomic E-state index is -1.01. The van der Waals surface area contributed by atoms with Gasteiger partial charge in [0.05, 0.1) is 13.2 Å². The largest absolute Gasteiger partial charge is 0.388 e. The third-order valence-electron chi connectivity index (χ3n) is 8.03. The summed E-state index contributed by atoms with van der Waals surface area (Å²) >= 11 is 0. The quantitative estimate of drug-likeness (QED) is 0.210. The molecule has 0 aliphatic carbocycles. The fourth-order valence-corrected chi connectivity index (χ4v) is 5.63. The zero-order valence-electron chi connectivity index (χ0n) is 24.6. The van der Waals surface area contributed by atoms with E-state index >= 15 is 0 Å². The molecule has 7 nitrogen and oxygen atoms in total. The van der Waals surface area contributed by atoms with Gasteiger partial charge in [0.25, 0.3) is 0 Å². The number of benzene rings is 2. The number of aliphatic hydroxyl groups is 1. The van der Waals surface area contributed by atoms with Gasteiger partial charge in [-0.25, -0.2) is 0 Å². The van der Waals surface area contributed by atoms with E-state index < -0.39 is 36.9 Å². The SMILES string of the molecule is CCCCCCCCCCCCCC(=O)N[C@H]1[C@@H](OCc2ccccc2)O[C@@H]2COC(c3ccccc3)O[C@H]2[C@@H]1O. The fraction of sp³-hybridized carbons (Fsp3) is 0.618. The van der Waals surface area contributed by atoms with E-state index in [1.54, 1.807) is 0 Å². The molecule has 1 amide bonds. The highest BCUT2D eigenvalue weighted by Gasteiger charge is 2.50. The Kier molecular flexibility index (Phi) is 13.6. The van der Waals surface area contributed by atoms with Crippen molar-refractivity contribution in [2.24, 2.45) is 0 Å². The highest BCUT2D eigenvalue weighted by atomic mass is 16.7. The second-order valence-electron chi connectivity index (χ2n) is 11.4. The van der Waals surface area contributed by atoms with E-state index in [2.05, 4.69) is 12.2 Å². The zero-order valence-corrected chi connectivity index (χ0v) is 24.6. The molecule has 2 aliphatic heterocycles. The lowest BCUT2D eigenvalue weighted by Crippen LogP contribution is -2.66. The summed E-state index contributed by atoms with van der Waals surface area (Å²) in [7, 11) is 0. The van der Waals surface area contributed by atoms with Crippen LogP contribution in [0.4, 0.5) is 0 Å². The Bertz CT molecular complexity index is 989. The number of carbonyl (C=O) groups excluding carboxylic acids is 1. The zero-order chi connectivity index (χ0) is 28.7. The number of nitrogens with one attached hydrogen (secondary N) is 1. The fourth-order valence-electron chi connectivity index (χ4n) is 5.63. The van der Waals surface area contributed by atoms with Crippen LogP contribution in [0.1, 0.15) is 101 Å². The molecule has 4 rings (SSSR count). The first kappa shape index (κ1) is 31.6. The predicted octanol–water partition coefficient (Wildman–Crippen LogP) is 6.59. The topological polar surface area (TPSA) is 86.3 Å². The maximum absolute atomic E-state index is 13.0. The van der Waals surface area contributed by atoms with E-state index in [1.807, 2.05) is 60.7 Å². The molecule has 2 aliphatic rings. The van der Waals surface area contributed by atoms with E-state index in [0.29, 0.717) is 13.0 Å². The van der Waals surface area contributed by atoms with Crippen LogP contribution >= 0.6 is 0 Å². The summed E-state index contributed by atoms with van der Waals surface area (Å²) in [4.78, 5) is 13.0. The molecule has 2 aromatic rings. The molecule has 2 heterocycles. The van der Waals surface area contributed by atoms with E-state index in [0.717, 1.165) is 30.4 Å². The van der Waals surface area contributed by atoms with Crippen LogP contribution in [0, 0.1) is 0 Å². The van der Waals surface area contributed by atoms with Crippen molar-refractivity contribution >= 4 is 5.91 Å². The lowest BCUT2D eigenvalue weighted by molar-refractivity contribution is -0.345. The molecule has 41 heavy (non-hydrogen) atoms. The van der Waals surface area contributed by atoms with E-state index in [4.69, 9.17) is 18.9 Å². The van der Waals surface area contributed by atoms with Crippen molar-refractivity contribution in [3.05, 3.63) is 71.8 Å². The lowest BCUT2D eigenvalue weighted by atomic mass is 9.95. The van der Waals surface area contributed by atoms with Crippen molar-refractivity contribution in [2.45, 2.75) is 128 Å². The van der Waals surface area contributed by atoms with E-state index in [9.17, 15) is 9.90 Å². The van der Waals surface area contributed by atoms with Gasteiger partial charge in [-0.3, -0.25) is 4.79 Å². The highest BCUT2D eigenvalue weighted by molar-refractivity contribution is 5.76. The van der Waals surface area contributed by atoms with Gasteiger partial charge in [-0.15, -0.1) is 0 Å². The third kappa shape index (κ3) is 10.2. The molecule has 2 N–H and O–H groups in total. The number of unbranched alkanes of at least 4 members (excludes halogenated alkanes) is 10. The van der Waals surface area contributed by atoms with Gasteiger partial charge in [0.2, 0.25) is 5.91 Å². The van der Waals surface area contributed by atoms with Crippen molar-refractivity contribution < 1.29 is 28.8 Å². The first-order chi connectivity index (χ1) is 20.2. The van der Waals surface area contributed by atoms with E-state index in [1.165, 1.54) is 51.4 Å². The Morgan fingerprint density at radius 3 is 2.12 bits per heavy atom. The molecule has 0 radical (unpaired) electrons. The molecule has 2 fully saturated rings. The van der Waals surface area contributed by atoms with Crippen molar-refractivity contribution in [3.63, 3.8) is 0 Å². The van der Waals surface area contributed by atoms with Gasteiger partial charge < -0.3 is 29.4 Å². The Balaban J connectivity index is 1.26. The summed E-state index contributed by atoms with van der Waals surface area (Å²) in [6.07, 6.45) is 10.3. The average molecular weight is 568 g/mol. The van der Waals surface area contributed by atoms with Crippen LogP contribution in [0.25, 0.3) is 0 Å². The Labute approximate surface area is 245 Å². The molecule has 0 aromatic heterocycles. The van der Waals surface area contributed by atoms with Gasteiger partial charge in [0.1, 0.15) is 24.4 Å². The van der Waals surface area contributed by atoms with Gasteiger partial charge in [-0.1, -0.05) is 132 Å². The normalized spacial score (nSPS) is 25.9. The van der Waals surface area contributed by atoms with Crippen LogP contribution in [0.5, 0.6) is 0 Å². The van der Waals surface area contributed by atoms with Gasteiger partial charge >= 0.3 is 0 Å². The van der Waals surface area contributed by atoms with Crippen LogP contribution in [0.3, 0.4) is 0 Å². The van der Waals surface area contributed by atoms with Crippen molar-refractivity contribution in [1.29, 1.82) is 0 Å². The minimum absolute atomic E-state index is 0.105. The van der Waals surface area contributed by atoms with Crippen LogP contribution in [-0.2, 0) is 30.3 Å². The first-order valence-corrected chi connectivity index (χ1v) is 15.8. The Hall–Kier alpha value is -2.29. The highest BCUT2D eigenvalue weighted by Crippen LogP contribution is 2.34. The van der Waals surface area contributed by atoms with Crippen molar-refractivity contribution in [3.8, 4) is 0 Å². The van der Waals surface area contributed by atoms with Gasteiger partial charge in [0, 0.05) is 12.0 Å². The third-order valence-corrected chi connectivity index (χ3v) is 8.03. The number of hydrogen-bond acceptors (Lipinski definition) is 6. The molecule has 2 aromatic carbocycles. The van der Waals surface area contributed by atoms with Gasteiger partial charge in [-0.2, -0.15) is 0 Å². The smallest absolute Gasteiger partial charge is 0.220 e. The van der Waals surface area contributed by atoms with Crippen molar-refractivity contribution in [2.75, 3.05) is 6.61 Å². The molecule has 0 bridgehead atoms. The number of amides is 1. The van der Waals surface area contributed by atoms with Crippen LogP contribution in [-0.4, -0.2) is 48.3 Å². The maximum atomic E-state index is 13.0. The summed E-state index contributed by atoms with van der Waals surface area (Å²) in [6.45, 7) is 2.81. The summed E-state index contributed by atoms with van der Waals surface area (Å²) in [5.41, 5.74) is 1.86. The molecule has 1 unspecified atom stereocenters. The van der Waals surface area contributed by atoms with Gasteiger partial charge in [-0.05, 0) is 12.0 Å². The number of aliphatic hydroxyl groups excluding tert-OH is 1. The Morgan fingerprint density at radius 2 is 1.46 bits per heavy atom. The van der Waals surface area contributed by atoms with Crippen LogP contribution in [0.15, 0.2) is 60.7 Å². The molecular weight excluding hydrogens is 518 g/mol. The average Bonchev–Trinajstić information content (AvgIpc) is 3.01. The standard InChI is InChI=1S/C34H49NO6/c1-2-3-4-5-6-7-8-9-10-11-18-23-29(36)35-30-31(37)32-28(25-39-33(41-32)27-21-16-13-17-22-27)40-34(30)38-24-26-19-14-12-15-20-26/h12-17,19-22,28,30-34,37H,2-11,18,23-25H2,1H3,(H,35,36)/t28-,30-,31-,32-,33?,34+/m1/s1. The Morgan fingerprint density at radius 1 is 0.854 bits per heavy atom. The van der Waals surface area contributed by atoms with Gasteiger partial charge in [0.15, 0.2) is 12.6 Å². The summed E-state index contributed by atoms with van der Waals surface area (Å²) in [6, 6.07) is 18.7. The first-order valence-electron chi connectivity index (χ1n) is 15.8. The summed E-state index contributed by atoms with van der Waals surface area (Å²) in [5, 5.41) is 14.5. The molecule has 6 atom stereocenters. The lowest BCUT2D eigenvalue weighted by Gasteiger charge is -2.47. The second-order valence-corrected chi connectivity index (χ2v) is 11.4.